The third kappa shape index (κ3) is 5.21. The monoisotopic (exact) mass is 506 g/mol. The van der Waals surface area contributed by atoms with Gasteiger partial charge in [-0.1, -0.05) is 48.0 Å². The number of hydrogen-bond donors (Lipinski definition) is 1. The lowest BCUT2D eigenvalue weighted by Crippen LogP contribution is -2.54. The second-order valence-corrected chi connectivity index (χ2v) is 8.83. The Kier molecular flexibility index (Phi) is 7.19. The first-order chi connectivity index (χ1) is 16.8. The van der Waals surface area contributed by atoms with Gasteiger partial charge in [-0.05, 0) is 78.7 Å². The number of aryl methyl sites for hydroxylation is 2. The second kappa shape index (κ2) is 10.3. The highest BCUT2D eigenvalue weighted by molar-refractivity contribution is 7.80. The van der Waals surface area contributed by atoms with Crippen LogP contribution in [0.1, 0.15) is 22.3 Å². The van der Waals surface area contributed by atoms with Crippen LogP contribution >= 0.6 is 23.8 Å². The first-order valence-electron chi connectivity index (χ1n) is 10.8. The average molecular weight is 507 g/mol. The van der Waals surface area contributed by atoms with Crippen molar-refractivity contribution >= 4 is 52.5 Å². The predicted octanol–water partition coefficient (Wildman–Crippen LogP) is 5.38. The van der Waals surface area contributed by atoms with E-state index in [1.165, 1.54) is 29.2 Å². The number of ether oxygens (including phenoxy) is 2. The number of carbonyl (C=O) groups excluding carboxylic acids is 2. The minimum Gasteiger partial charge on any atom is -0.493 e. The van der Waals surface area contributed by atoms with Crippen LogP contribution in [-0.4, -0.2) is 24.0 Å². The molecule has 0 spiro atoms. The summed E-state index contributed by atoms with van der Waals surface area (Å²) in [5.41, 5.74) is 4.35. The van der Waals surface area contributed by atoms with Gasteiger partial charge in [-0.15, -0.1) is 0 Å². The molecule has 1 aliphatic rings. The molecule has 0 atom stereocenters. The van der Waals surface area contributed by atoms with E-state index in [4.69, 9.17) is 33.3 Å². The fourth-order valence-electron chi connectivity index (χ4n) is 3.65. The number of thiocarbonyl (C=S) groups is 1. The lowest BCUT2D eigenvalue weighted by Gasteiger charge is -2.28. The maximum atomic E-state index is 13.2. The highest BCUT2D eigenvalue weighted by Crippen LogP contribution is 2.38. The van der Waals surface area contributed by atoms with Gasteiger partial charge >= 0.3 is 0 Å². The van der Waals surface area contributed by atoms with Crippen molar-refractivity contribution in [3.8, 4) is 11.5 Å². The van der Waals surface area contributed by atoms with Gasteiger partial charge in [0.05, 0.1) is 17.8 Å². The smallest absolute Gasteiger partial charge is 0.270 e. The molecule has 1 aliphatic heterocycles. The van der Waals surface area contributed by atoms with Crippen molar-refractivity contribution in [1.29, 1.82) is 0 Å². The summed E-state index contributed by atoms with van der Waals surface area (Å²) < 4.78 is 11.5. The van der Waals surface area contributed by atoms with Gasteiger partial charge in [0.25, 0.3) is 11.8 Å². The van der Waals surface area contributed by atoms with Gasteiger partial charge in [-0.25, -0.2) is 0 Å². The highest BCUT2D eigenvalue weighted by Gasteiger charge is 2.34. The molecule has 0 aliphatic carbocycles. The van der Waals surface area contributed by atoms with Crippen molar-refractivity contribution in [2.24, 2.45) is 0 Å². The lowest BCUT2D eigenvalue weighted by atomic mass is 10.1. The molecule has 6 nitrogen and oxygen atoms in total. The highest BCUT2D eigenvalue weighted by atomic mass is 35.5. The van der Waals surface area contributed by atoms with E-state index in [1.54, 1.807) is 36.4 Å². The molecule has 1 fully saturated rings. The van der Waals surface area contributed by atoms with E-state index in [9.17, 15) is 9.59 Å². The third-order valence-corrected chi connectivity index (χ3v) is 6.20. The van der Waals surface area contributed by atoms with Gasteiger partial charge in [0.1, 0.15) is 12.2 Å². The molecule has 0 aromatic heterocycles. The van der Waals surface area contributed by atoms with Crippen LogP contribution in [0, 0.1) is 13.8 Å². The first kappa shape index (κ1) is 24.4. The van der Waals surface area contributed by atoms with Gasteiger partial charge in [-0.2, -0.15) is 0 Å². The van der Waals surface area contributed by atoms with Crippen molar-refractivity contribution in [2.45, 2.75) is 20.5 Å². The molecule has 0 unspecified atom stereocenters. The number of nitrogens with zero attached hydrogens (tertiary/aromatic N) is 1. The zero-order valence-electron chi connectivity index (χ0n) is 19.4. The summed E-state index contributed by atoms with van der Waals surface area (Å²) >= 11 is 11.8. The molecule has 178 valence electrons. The first-order valence-corrected chi connectivity index (χ1v) is 11.6. The standard InChI is InChI=1S/C27H23ClN2O4S/c1-16-9-10-18(11-17(16)2)15-34-24-22(28)13-19(14-23(24)33-3)12-21-25(31)29-27(35)30(26(21)32)20-7-5-4-6-8-20/h4-14H,15H2,1-3H3,(H,29,31,35)/b21-12-. The van der Waals surface area contributed by atoms with Gasteiger partial charge in [0, 0.05) is 0 Å². The summed E-state index contributed by atoms with van der Waals surface area (Å²) in [5, 5.41) is 2.88. The maximum Gasteiger partial charge on any atom is 0.270 e. The Balaban J connectivity index is 1.63. The van der Waals surface area contributed by atoms with Crippen LogP contribution in [-0.2, 0) is 16.2 Å². The number of hydrogen-bond acceptors (Lipinski definition) is 5. The predicted molar refractivity (Wildman–Crippen MR) is 141 cm³/mol. The van der Waals surface area contributed by atoms with E-state index in [1.807, 2.05) is 25.1 Å². The number of methoxy groups -OCH3 is 1. The number of anilines is 1. The molecule has 2 amide bonds. The zero-order valence-corrected chi connectivity index (χ0v) is 21.0. The Morgan fingerprint density at radius 2 is 1.77 bits per heavy atom. The molecule has 8 heteroatoms. The minimum atomic E-state index is -0.586. The second-order valence-electron chi connectivity index (χ2n) is 8.03. The van der Waals surface area contributed by atoms with E-state index in [-0.39, 0.29) is 10.7 Å². The lowest BCUT2D eigenvalue weighted by molar-refractivity contribution is -0.122. The molecule has 1 heterocycles. The Hall–Kier alpha value is -3.68. The summed E-state index contributed by atoms with van der Waals surface area (Å²) in [6.07, 6.45) is 1.46. The molecule has 1 N–H and O–H groups in total. The maximum absolute atomic E-state index is 13.2. The van der Waals surface area contributed by atoms with Gasteiger partial charge in [-0.3, -0.25) is 19.8 Å². The van der Waals surface area contributed by atoms with Gasteiger partial charge in [0.2, 0.25) is 0 Å². The fourth-order valence-corrected chi connectivity index (χ4v) is 4.20. The Morgan fingerprint density at radius 3 is 2.46 bits per heavy atom. The molecule has 0 radical (unpaired) electrons. The van der Waals surface area contributed by atoms with E-state index in [0.29, 0.717) is 34.4 Å². The molecule has 0 saturated carbocycles. The van der Waals surface area contributed by atoms with Crippen LogP contribution in [0.15, 0.2) is 66.2 Å². The van der Waals surface area contributed by atoms with E-state index < -0.39 is 11.8 Å². The van der Waals surface area contributed by atoms with Gasteiger partial charge < -0.3 is 9.47 Å². The number of amides is 2. The topological polar surface area (TPSA) is 67.9 Å². The van der Waals surface area contributed by atoms with Crippen molar-refractivity contribution in [3.63, 3.8) is 0 Å². The Labute approximate surface area is 214 Å². The summed E-state index contributed by atoms with van der Waals surface area (Å²) in [6.45, 7) is 4.40. The summed E-state index contributed by atoms with van der Waals surface area (Å²) in [5.74, 6) is -0.360. The molecule has 0 bridgehead atoms. The van der Waals surface area contributed by atoms with Crippen molar-refractivity contribution in [3.05, 3.63) is 93.5 Å². The molecular weight excluding hydrogens is 484 g/mol. The van der Waals surface area contributed by atoms with Gasteiger partial charge in [0.15, 0.2) is 16.6 Å². The fraction of sp³-hybridized carbons (Fsp3) is 0.148. The largest absolute Gasteiger partial charge is 0.493 e. The number of nitrogens with one attached hydrogen (secondary N) is 1. The number of halogens is 1. The minimum absolute atomic E-state index is 0.0223. The van der Waals surface area contributed by atoms with Crippen molar-refractivity contribution in [1.82, 2.24) is 5.32 Å². The molecular formula is C27H23ClN2O4S. The number of para-hydroxylation sites is 1. The normalized spacial score (nSPS) is 14.8. The molecule has 35 heavy (non-hydrogen) atoms. The Bertz CT molecular complexity index is 1350. The Morgan fingerprint density at radius 1 is 1.03 bits per heavy atom. The third-order valence-electron chi connectivity index (χ3n) is 5.63. The van der Waals surface area contributed by atoms with Crippen LogP contribution in [0.5, 0.6) is 11.5 Å². The number of rotatable bonds is 6. The van der Waals surface area contributed by atoms with Crippen LogP contribution in [0.25, 0.3) is 6.08 Å². The van der Waals surface area contributed by atoms with Crippen LogP contribution in [0.2, 0.25) is 5.02 Å². The van der Waals surface area contributed by atoms with E-state index >= 15 is 0 Å². The van der Waals surface area contributed by atoms with E-state index in [2.05, 4.69) is 18.3 Å². The molecule has 3 aromatic carbocycles. The van der Waals surface area contributed by atoms with E-state index in [0.717, 1.165) is 5.56 Å². The average Bonchev–Trinajstić information content (AvgIpc) is 2.83. The summed E-state index contributed by atoms with van der Waals surface area (Å²) in [6, 6.07) is 18.2. The van der Waals surface area contributed by atoms with Crippen LogP contribution < -0.4 is 19.7 Å². The SMILES string of the molecule is COc1cc(/C=C2/C(=O)NC(=S)N(c3ccccc3)C2=O)cc(Cl)c1OCc1ccc(C)c(C)c1. The van der Waals surface area contributed by atoms with Crippen LogP contribution in [0.3, 0.4) is 0 Å². The summed E-state index contributed by atoms with van der Waals surface area (Å²) in [4.78, 5) is 27.1. The number of carbonyl (C=O) groups is 2. The van der Waals surface area contributed by atoms with Crippen molar-refractivity contribution in [2.75, 3.05) is 12.0 Å². The molecule has 3 aromatic rings. The molecule has 4 rings (SSSR count). The molecule has 1 saturated heterocycles. The quantitative estimate of drug-likeness (QED) is 0.276. The number of benzene rings is 3. The van der Waals surface area contributed by atoms with Crippen LogP contribution in [0.4, 0.5) is 5.69 Å². The summed E-state index contributed by atoms with van der Waals surface area (Å²) in [7, 11) is 1.50. The van der Waals surface area contributed by atoms with Crippen molar-refractivity contribution < 1.29 is 19.1 Å². The zero-order chi connectivity index (χ0) is 25.1.